The van der Waals surface area contributed by atoms with Crippen LogP contribution in [0.5, 0.6) is 0 Å². The smallest absolute Gasteiger partial charge is 0.0285 e. The number of hydrogen-bond donors (Lipinski definition) is 1. The molecule has 0 saturated heterocycles. The Morgan fingerprint density at radius 2 is 2.00 bits per heavy atom. The third kappa shape index (κ3) is 4.07. The highest BCUT2D eigenvalue weighted by molar-refractivity contribution is 9.10. The third-order valence-electron chi connectivity index (χ3n) is 3.83. The van der Waals surface area contributed by atoms with Gasteiger partial charge in [0.05, 0.1) is 0 Å². The average Bonchev–Trinajstić information content (AvgIpc) is 2.86. The molecule has 1 aromatic heterocycles. The van der Waals surface area contributed by atoms with Gasteiger partial charge in [0.1, 0.15) is 0 Å². The molecule has 1 aliphatic carbocycles. The van der Waals surface area contributed by atoms with E-state index in [0.717, 1.165) is 6.54 Å². The molecule has 0 bridgehead atoms. The van der Waals surface area contributed by atoms with Gasteiger partial charge in [0.25, 0.3) is 0 Å². The molecule has 0 unspecified atom stereocenters. The van der Waals surface area contributed by atoms with Gasteiger partial charge in [-0.2, -0.15) is 0 Å². The van der Waals surface area contributed by atoms with Gasteiger partial charge >= 0.3 is 0 Å². The summed E-state index contributed by atoms with van der Waals surface area (Å²) in [7, 11) is 0. The van der Waals surface area contributed by atoms with E-state index in [4.69, 9.17) is 0 Å². The molecule has 0 spiro atoms. The largest absolute Gasteiger partial charge is 0.312 e. The van der Waals surface area contributed by atoms with Crippen LogP contribution in [-0.4, -0.2) is 12.1 Å². The highest BCUT2D eigenvalue weighted by atomic mass is 79.9. The van der Waals surface area contributed by atoms with E-state index in [1.54, 1.807) is 0 Å². The number of halogens is 1. The SMILES string of the molecule is CC(C)(C)NCC1(Cc2cc(Br)cs2)CCCC1. The molecule has 18 heavy (non-hydrogen) atoms. The molecule has 0 aromatic carbocycles. The first-order chi connectivity index (χ1) is 8.39. The number of thiophene rings is 1. The minimum absolute atomic E-state index is 0.228. The van der Waals surface area contributed by atoms with Crippen LogP contribution in [0, 0.1) is 5.41 Å². The third-order valence-corrected chi connectivity index (χ3v) is 5.53. The fourth-order valence-corrected chi connectivity index (χ4v) is 4.43. The number of nitrogens with one attached hydrogen (secondary N) is 1. The zero-order chi connectivity index (χ0) is 13.2. The fraction of sp³-hybridized carbons (Fsp3) is 0.733. The number of hydrogen-bond acceptors (Lipinski definition) is 2. The first-order valence-corrected chi connectivity index (χ1v) is 8.54. The van der Waals surface area contributed by atoms with E-state index in [9.17, 15) is 0 Å². The van der Waals surface area contributed by atoms with Crippen LogP contribution in [-0.2, 0) is 6.42 Å². The topological polar surface area (TPSA) is 12.0 Å². The van der Waals surface area contributed by atoms with E-state index >= 15 is 0 Å². The van der Waals surface area contributed by atoms with Crippen LogP contribution in [0.15, 0.2) is 15.9 Å². The Kier molecular flexibility index (Phi) is 4.56. The van der Waals surface area contributed by atoms with Crippen molar-refractivity contribution in [2.75, 3.05) is 6.54 Å². The first kappa shape index (κ1) is 14.5. The van der Waals surface area contributed by atoms with Gasteiger partial charge in [0.2, 0.25) is 0 Å². The molecular formula is C15H24BrNS. The van der Waals surface area contributed by atoms with E-state index in [2.05, 4.69) is 53.5 Å². The zero-order valence-corrected chi connectivity index (χ0v) is 14.1. The highest BCUT2D eigenvalue weighted by Gasteiger charge is 2.35. The van der Waals surface area contributed by atoms with Crippen LogP contribution in [0.4, 0.5) is 0 Å². The predicted molar refractivity (Wildman–Crippen MR) is 84.4 cm³/mol. The zero-order valence-electron chi connectivity index (χ0n) is 11.7. The van der Waals surface area contributed by atoms with Crippen molar-refractivity contribution in [1.29, 1.82) is 0 Å². The quantitative estimate of drug-likeness (QED) is 0.819. The fourth-order valence-electron chi connectivity index (χ4n) is 2.81. The van der Waals surface area contributed by atoms with Crippen molar-refractivity contribution in [3.05, 3.63) is 20.8 Å². The average molecular weight is 330 g/mol. The van der Waals surface area contributed by atoms with Gasteiger partial charge in [0, 0.05) is 26.8 Å². The van der Waals surface area contributed by atoms with Crippen LogP contribution in [0.2, 0.25) is 0 Å². The molecule has 102 valence electrons. The summed E-state index contributed by atoms with van der Waals surface area (Å²) in [5, 5.41) is 5.93. The Balaban J connectivity index is 2.02. The minimum Gasteiger partial charge on any atom is -0.312 e. The van der Waals surface area contributed by atoms with Crippen molar-refractivity contribution in [1.82, 2.24) is 5.32 Å². The van der Waals surface area contributed by atoms with E-state index < -0.39 is 0 Å². The Morgan fingerprint density at radius 1 is 1.33 bits per heavy atom. The molecule has 0 atom stereocenters. The lowest BCUT2D eigenvalue weighted by Crippen LogP contribution is -2.43. The molecule has 0 radical (unpaired) electrons. The lowest BCUT2D eigenvalue weighted by atomic mass is 9.81. The molecule has 1 aromatic rings. The van der Waals surface area contributed by atoms with Gasteiger partial charge in [-0.1, -0.05) is 12.8 Å². The molecule has 1 fully saturated rings. The lowest BCUT2D eigenvalue weighted by Gasteiger charge is -2.33. The minimum atomic E-state index is 0.228. The summed E-state index contributed by atoms with van der Waals surface area (Å²) in [6, 6.07) is 2.29. The maximum Gasteiger partial charge on any atom is 0.0285 e. The molecule has 0 aliphatic heterocycles. The molecular weight excluding hydrogens is 306 g/mol. The second-order valence-electron chi connectivity index (χ2n) is 6.72. The molecule has 3 heteroatoms. The Bertz CT molecular complexity index is 385. The summed E-state index contributed by atoms with van der Waals surface area (Å²) < 4.78 is 1.24. The summed E-state index contributed by atoms with van der Waals surface area (Å²) in [5.74, 6) is 0. The molecule has 1 aliphatic rings. The summed E-state index contributed by atoms with van der Waals surface area (Å²) in [6.45, 7) is 7.94. The van der Waals surface area contributed by atoms with Crippen molar-refractivity contribution >= 4 is 27.3 Å². The summed E-state index contributed by atoms with van der Waals surface area (Å²) >= 11 is 5.46. The van der Waals surface area contributed by atoms with Crippen molar-refractivity contribution in [2.24, 2.45) is 5.41 Å². The van der Waals surface area contributed by atoms with Crippen molar-refractivity contribution in [3.63, 3.8) is 0 Å². The second kappa shape index (κ2) is 5.64. The summed E-state index contributed by atoms with van der Waals surface area (Å²) in [4.78, 5) is 1.53. The van der Waals surface area contributed by atoms with Gasteiger partial charge in [-0.15, -0.1) is 11.3 Å². The molecule has 2 rings (SSSR count). The monoisotopic (exact) mass is 329 g/mol. The van der Waals surface area contributed by atoms with E-state index in [1.165, 1.54) is 41.5 Å². The Labute approximate surface area is 123 Å². The lowest BCUT2D eigenvalue weighted by molar-refractivity contribution is 0.246. The van der Waals surface area contributed by atoms with E-state index in [1.807, 2.05) is 11.3 Å². The number of rotatable bonds is 4. The van der Waals surface area contributed by atoms with Crippen LogP contribution in [0.1, 0.15) is 51.3 Å². The Hall–Kier alpha value is 0.140. The van der Waals surface area contributed by atoms with Gasteiger partial charge in [-0.3, -0.25) is 0 Å². The Morgan fingerprint density at radius 3 is 2.50 bits per heavy atom. The standard InChI is InChI=1S/C15H24BrNS/c1-14(2,3)17-11-15(6-4-5-7-15)9-13-8-12(16)10-18-13/h8,10,17H,4-7,9,11H2,1-3H3. The molecule has 0 amide bonds. The molecule has 1 N–H and O–H groups in total. The van der Waals surface area contributed by atoms with Gasteiger partial charge in [0.15, 0.2) is 0 Å². The summed E-state index contributed by atoms with van der Waals surface area (Å²) in [6.07, 6.45) is 6.81. The van der Waals surface area contributed by atoms with Crippen LogP contribution >= 0.6 is 27.3 Å². The summed E-state index contributed by atoms with van der Waals surface area (Å²) in [5.41, 5.74) is 0.725. The van der Waals surface area contributed by atoms with Crippen molar-refractivity contribution in [3.8, 4) is 0 Å². The highest BCUT2D eigenvalue weighted by Crippen LogP contribution is 2.42. The maximum absolute atomic E-state index is 3.72. The van der Waals surface area contributed by atoms with E-state index in [-0.39, 0.29) is 5.54 Å². The van der Waals surface area contributed by atoms with Crippen molar-refractivity contribution in [2.45, 2.75) is 58.4 Å². The molecule has 1 saturated carbocycles. The maximum atomic E-state index is 3.72. The van der Waals surface area contributed by atoms with Gasteiger partial charge in [-0.25, -0.2) is 0 Å². The predicted octanol–water partition coefficient (Wildman–Crippen LogP) is 5.00. The normalized spacial score (nSPS) is 19.3. The molecule has 1 heterocycles. The van der Waals surface area contributed by atoms with Crippen molar-refractivity contribution < 1.29 is 0 Å². The van der Waals surface area contributed by atoms with Gasteiger partial charge in [-0.05, 0) is 67.4 Å². The van der Waals surface area contributed by atoms with E-state index in [0.29, 0.717) is 5.41 Å². The molecule has 1 nitrogen and oxygen atoms in total. The first-order valence-electron chi connectivity index (χ1n) is 6.87. The second-order valence-corrected chi connectivity index (χ2v) is 8.63. The van der Waals surface area contributed by atoms with Gasteiger partial charge < -0.3 is 5.32 Å². The van der Waals surface area contributed by atoms with Crippen LogP contribution in [0.25, 0.3) is 0 Å². The van der Waals surface area contributed by atoms with Crippen LogP contribution in [0.3, 0.4) is 0 Å². The van der Waals surface area contributed by atoms with Crippen LogP contribution < -0.4 is 5.32 Å².